The van der Waals surface area contributed by atoms with E-state index in [1.807, 2.05) is 19.9 Å². The number of alkyl carbamates (subject to hydrolysis) is 1. The molecule has 0 saturated carbocycles. The molecule has 0 aliphatic rings. The number of carbonyl (C=O) groups is 3. The number of oxazole rings is 1. The zero-order valence-electron chi connectivity index (χ0n) is 22.5. The lowest BCUT2D eigenvalue weighted by atomic mass is 10.0. The number of hydrogen-bond acceptors (Lipinski definition) is 7. The van der Waals surface area contributed by atoms with Gasteiger partial charge < -0.3 is 36.4 Å². The van der Waals surface area contributed by atoms with Crippen molar-refractivity contribution in [3.63, 3.8) is 0 Å². The molecule has 2 aromatic rings. The summed E-state index contributed by atoms with van der Waals surface area (Å²) in [6.07, 6.45) is 0.234. The van der Waals surface area contributed by atoms with Gasteiger partial charge in [-0.1, -0.05) is 44.2 Å². The van der Waals surface area contributed by atoms with Gasteiger partial charge in [0.15, 0.2) is 17.4 Å². The number of carbonyl (C=O) groups excluding carboxylic acids is 2. The number of aliphatic carboxylic acids is 1. The average molecular weight is 531 g/mol. The number of nitrogens with zero attached hydrogens (tertiary/aromatic N) is 2. The van der Waals surface area contributed by atoms with E-state index in [1.165, 1.54) is 0 Å². The van der Waals surface area contributed by atoms with E-state index in [0.29, 0.717) is 18.4 Å². The maximum Gasteiger partial charge on any atom is 0.408 e. The van der Waals surface area contributed by atoms with Crippen LogP contribution < -0.4 is 22.1 Å². The number of carboxylic acids is 1. The lowest BCUT2D eigenvalue weighted by molar-refractivity contribution is -0.139. The summed E-state index contributed by atoms with van der Waals surface area (Å²) in [6, 6.07) is 6.94. The molecular weight excluding hydrogens is 492 g/mol. The van der Waals surface area contributed by atoms with Crippen LogP contribution in [0.3, 0.4) is 0 Å². The third-order valence-corrected chi connectivity index (χ3v) is 5.14. The van der Waals surface area contributed by atoms with Crippen LogP contribution in [0.15, 0.2) is 39.7 Å². The van der Waals surface area contributed by atoms with Gasteiger partial charge in [0.1, 0.15) is 17.7 Å². The van der Waals surface area contributed by atoms with E-state index in [0.717, 1.165) is 0 Å². The first kappa shape index (κ1) is 30.1. The number of hydrogen-bond donors (Lipinski definition) is 5. The number of ether oxygens (including phenoxy) is 1. The Bertz CT molecular complexity index is 1120. The van der Waals surface area contributed by atoms with E-state index in [2.05, 4.69) is 20.6 Å². The van der Waals surface area contributed by atoms with Gasteiger partial charge in [-0.3, -0.25) is 9.79 Å². The monoisotopic (exact) mass is 530 g/mol. The highest BCUT2D eigenvalue weighted by atomic mass is 16.6. The SMILES string of the molecule is CC(C)C[C@H](NC(=O)OC(C)(C)C)c1nc(C(=O)N[C@@H](CCCN=C(N)N)C(=O)O)c(-c2ccccc2)o1. The fourth-order valence-corrected chi connectivity index (χ4v) is 3.56. The second kappa shape index (κ2) is 13.5. The smallest absolute Gasteiger partial charge is 0.408 e. The molecule has 0 aliphatic heterocycles. The standard InChI is InChI=1S/C26H38N6O6/c1-15(2)14-18(31-25(36)38-26(3,4)5)22-32-19(20(37-22)16-10-7-6-8-11-16)21(33)30-17(23(34)35)12-9-13-29-24(27)28/h6-8,10-11,15,17-18H,9,12-14H2,1-5H3,(H,30,33)(H,31,36)(H,34,35)(H4,27,28,29)/t17-,18-/m0/s1. The van der Waals surface area contributed by atoms with Crippen molar-refractivity contribution in [1.29, 1.82) is 0 Å². The van der Waals surface area contributed by atoms with E-state index < -0.39 is 35.7 Å². The number of nitrogens with one attached hydrogen (secondary N) is 2. The first-order chi connectivity index (χ1) is 17.8. The van der Waals surface area contributed by atoms with Crippen LogP contribution in [-0.4, -0.2) is 52.2 Å². The Balaban J connectivity index is 2.40. The molecule has 0 fully saturated rings. The van der Waals surface area contributed by atoms with Crippen LogP contribution in [0.5, 0.6) is 0 Å². The normalized spacial score (nSPS) is 12.9. The van der Waals surface area contributed by atoms with Crippen LogP contribution in [-0.2, 0) is 9.53 Å². The van der Waals surface area contributed by atoms with Crippen molar-refractivity contribution < 1.29 is 28.6 Å². The van der Waals surface area contributed by atoms with Gasteiger partial charge >= 0.3 is 12.1 Å². The summed E-state index contributed by atoms with van der Waals surface area (Å²) in [5.41, 5.74) is 10.4. The van der Waals surface area contributed by atoms with Crippen molar-refractivity contribution in [3.05, 3.63) is 41.9 Å². The van der Waals surface area contributed by atoms with E-state index in [-0.39, 0.29) is 42.2 Å². The topological polar surface area (TPSA) is 195 Å². The highest BCUT2D eigenvalue weighted by Crippen LogP contribution is 2.30. The highest BCUT2D eigenvalue weighted by Gasteiger charge is 2.30. The number of aromatic nitrogens is 1. The molecule has 1 aromatic carbocycles. The van der Waals surface area contributed by atoms with Crippen molar-refractivity contribution in [2.45, 2.75) is 71.6 Å². The Morgan fingerprint density at radius 2 is 1.79 bits per heavy atom. The van der Waals surface area contributed by atoms with Gasteiger partial charge in [0, 0.05) is 12.1 Å². The summed E-state index contributed by atoms with van der Waals surface area (Å²) in [5, 5.41) is 14.9. The molecule has 38 heavy (non-hydrogen) atoms. The Kier molecular flexibility index (Phi) is 10.7. The Labute approximate surface area is 222 Å². The first-order valence-electron chi connectivity index (χ1n) is 12.4. The summed E-state index contributed by atoms with van der Waals surface area (Å²) in [4.78, 5) is 45.9. The van der Waals surface area contributed by atoms with E-state index in [1.54, 1.807) is 45.0 Å². The van der Waals surface area contributed by atoms with Gasteiger partial charge in [-0.2, -0.15) is 0 Å². The maximum atomic E-state index is 13.3. The first-order valence-corrected chi connectivity index (χ1v) is 12.4. The quantitative estimate of drug-likeness (QED) is 0.155. The molecule has 0 spiro atoms. The second-order valence-electron chi connectivity index (χ2n) is 10.2. The number of rotatable bonds is 12. The molecular formula is C26H38N6O6. The fourth-order valence-electron chi connectivity index (χ4n) is 3.56. The summed E-state index contributed by atoms with van der Waals surface area (Å²) in [6.45, 7) is 9.42. The van der Waals surface area contributed by atoms with Crippen LogP contribution in [0.4, 0.5) is 4.79 Å². The van der Waals surface area contributed by atoms with Crippen molar-refractivity contribution in [2.24, 2.45) is 22.4 Å². The molecule has 0 radical (unpaired) electrons. The molecule has 208 valence electrons. The average Bonchev–Trinajstić information content (AvgIpc) is 3.25. The second-order valence-corrected chi connectivity index (χ2v) is 10.2. The minimum absolute atomic E-state index is 0.0959. The Hall–Kier alpha value is -4.09. The van der Waals surface area contributed by atoms with E-state index >= 15 is 0 Å². The van der Waals surface area contributed by atoms with Crippen molar-refractivity contribution in [2.75, 3.05) is 6.54 Å². The third kappa shape index (κ3) is 9.75. The zero-order chi connectivity index (χ0) is 28.5. The summed E-state index contributed by atoms with van der Waals surface area (Å²) < 4.78 is 11.4. The van der Waals surface area contributed by atoms with Crippen LogP contribution >= 0.6 is 0 Å². The molecule has 0 bridgehead atoms. The lowest BCUT2D eigenvalue weighted by Crippen LogP contribution is -2.41. The molecule has 1 aromatic heterocycles. The van der Waals surface area contributed by atoms with Crippen LogP contribution in [0.1, 0.15) is 76.3 Å². The Morgan fingerprint density at radius 1 is 1.13 bits per heavy atom. The molecule has 1 heterocycles. The molecule has 2 rings (SSSR count). The van der Waals surface area contributed by atoms with Crippen LogP contribution in [0.2, 0.25) is 0 Å². The minimum Gasteiger partial charge on any atom is -0.480 e. The predicted molar refractivity (Wildman–Crippen MR) is 142 cm³/mol. The van der Waals surface area contributed by atoms with Gasteiger partial charge in [-0.15, -0.1) is 0 Å². The number of benzene rings is 1. The minimum atomic E-state index is -1.21. The lowest BCUT2D eigenvalue weighted by Gasteiger charge is -2.23. The van der Waals surface area contributed by atoms with Gasteiger partial charge in [0.2, 0.25) is 5.89 Å². The van der Waals surface area contributed by atoms with Gasteiger partial charge in [0.25, 0.3) is 5.91 Å². The molecule has 2 atom stereocenters. The molecule has 12 nitrogen and oxygen atoms in total. The van der Waals surface area contributed by atoms with E-state index in [9.17, 15) is 19.5 Å². The van der Waals surface area contributed by atoms with Crippen molar-refractivity contribution >= 4 is 23.9 Å². The van der Waals surface area contributed by atoms with Crippen molar-refractivity contribution in [3.8, 4) is 11.3 Å². The number of amides is 2. The van der Waals surface area contributed by atoms with Crippen molar-refractivity contribution in [1.82, 2.24) is 15.6 Å². The number of carboxylic acid groups (broad SMARTS) is 1. The maximum absolute atomic E-state index is 13.3. The zero-order valence-corrected chi connectivity index (χ0v) is 22.5. The molecule has 0 unspecified atom stereocenters. The summed E-state index contributed by atoms with van der Waals surface area (Å²) in [7, 11) is 0. The summed E-state index contributed by atoms with van der Waals surface area (Å²) >= 11 is 0. The summed E-state index contributed by atoms with van der Waals surface area (Å²) in [5.74, 6) is -1.64. The number of aliphatic imine (C=N–C) groups is 1. The Morgan fingerprint density at radius 3 is 2.34 bits per heavy atom. The number of guanidine groups is 1. The predicted octanol–water partition coefficient (Wildman–Crippen LogP) is 3.19. The van der Waals surface area contributed by atoms with Crippen LogP contribution in [0, 0.1) is 5.92 Å². The number of nitrogens with two attached hydrogens (primary N) is 2. The molecule has 7 N–H and O–H groups in total. The van der Waals surface area contributed by atoms with Gasteiger partial charge in [-0.05, 0) is 46.0 Å². The molecule has 0 aliphatic carbocycles. The highest BCUT2D eigenvalue weighted by molar-refractivity contribution is 5.99. The fraction of sp³-hybridized carbons (Fsp3) is 0.500. The molecule has 0 saturated heterocycles. The largest absolute Gasteiger partial charge is 0.480 e. The third-order valence-electron chi connectivity index (χ3n) is 5.14. The molecule has 12 heteroatoms. The van der Waals surface area contributed by atoms with Crippen LogP contribution in [0.25, 0.3) is 11.3 Å². The van der Waals surface area contributed by atoms with Gasteiger partial charge in [-0.25, -0.2) is 14.6 Å². The van der Waals surface area contributed by atoms with E-state index in [4.69, 9.17) is 20.6 Å². The molecule has 2 amide bonds. The van der Waals surface area contributed by atoms with Gasteiger partial charge in [0.05, 0.1) is 0 Å².